The third kappa shape index (κ3) is 3.52. The fraction of sp³-hybridized carbons (Fsp3) is 0.375. The second kappa shape index (κ2) is 6.87. The van der Waals surface area contributed by atoms with Crippen LogP contribution in [0.3, 0.4) is 0 Å². The molecule has 0 unspecified atom stereocenters. The molecule has 0 spiro atoms. The van der Waals surface area contributed by atoms with E-state index in [1.807, 2.05) is 18.2 Å². The van der Waals surface area contributed by atoms with Gasteiger partial charge in [0, 0.05) is 6.04 Å². The van der Waals surface area contributed by atoms with Gasteiger partial charge in [0.15, 0.2) is 5.75 Å². The quantitative estimate of drug-likeness (QED) is 0.872. The highest BCUT2D eigenvalue weighted by Gasteiger charge is 2.17. The van der Waals surface area contributed by atoms with Crippen molar-refractivity contribution in [2.45, 2.75) is 26.4 Å². The van der Waals surface area contributed by atoms with Crippen molar-refractivity contribution in [1.82, 2.24) is 5.32 Å². The smallest absolute Gasteiger partial charge is 0.152 e. The normalized spacial score (nSPS) is 11.0. The van der Waals surface area contributed by atoms with Gasteiger partial charge in [0.1, 0.15) is 22.3 Å². The largest absolute Gasteiger partial charge is 0.495 e. The molecule has 21 heavy (non-hydrogen) atoms. The molecule has 0 saturated heterocycles. The van der Waals surface area contributed by atoms with Crippen molar-refractivity contribution in [2.75, 3.05) is 14.2 Å². The van der Waals surface area contributed by atoms with Crippen LogP contribution in [0.4, 0.5) is 0 Å². The van der Waals surface area contributed by atoms with E-state index in [0.717, 1.165) is 17.1 Å². The summed E-state index contributed by atoms with van der Waals surface area (Å²) in [7, 11) is 3.15. The van der Waals surface area contributed by atoms with E-state index < -0.39 is 0 Å². The summed E-state index contributed by atoms with van der Waals surface area (Å²) in [6.07, 6.45) is 0. The molecule has 0 atom stereocenters. The van der Waals surface area contributed by atoms with Crippen LogP contribution in [0, 0.1) is 0 Å². The number of benzene rings is 1. The molecule has 1 heterocycles. The van der Waals surface area contributed by atoms with Crippen molar-refractivity contribution in [3.05, 3.63) is 35.0 Å². The van der Waals surface area contributed by atoms with Gasteiger partial charge < -0.3 is 19.2 Å². The summed E-state index contributed by atoms with van der Waals surface area (Å²) in [4.78, 5) is 0. The molecule has 0 fully saturated rings. The predicted molar refractivity (Wildman–Crippen MR) is 84.2 cm³/mol. The molecule has 5 heteroatoms. The molecule has 1 aromatic heterocycles. The SMILES string of the molecule is COc1ccc(-c2ccc(CNC(C)C)o2)c(OC)c1Cl. The molecule has 0 aliphatic rings. The van der Waals surface area contributed by atoms with Gasteiger partial charge in [-0.2, -0.15) is 0 Å². The first-order valence-electron chi connectivity index (χ1n) is 6.79. The Labute approximate surface area is 130 Å². The molecule has 0 saturated carbocycles. The molecule has 0 aliphatic heterocycles. The summed E-state index contributed by atoms with van der Waals surface area (Å²) in [5.74, 6) is 2.71. The van der Waals surface area contributed by atoms with Gasteiger partial charge in [-0.25, -0.2) is 0 Å². The van der Waals surface area contributed by atoms with Crippen LogP contribution in [0.2, 0.25) is 5.02 Å². The summed E-state index contributed by atoms with van der Waals surface area (Å²) in [5.41, 5.74) is 0.805. The third-order valence-electron chi connectivity index (χ3n) is 3.10. The molecular formula is C16H20ClNO3. The van der Waals surface area contributed by atoms with Crippen LogP contribution < -0.4 is 14.8 Å². The summed E-state index contributed by atoms with van der Waals surface area (Å²) in [5, 5.41) is 3.75. The fourth-order valence-electron chi connectivity index (χ4n) is 2.01. The first kappa shape index (κ1) is 15.7. The molecule has 2 aromatic rings. The maximum absolute atomic E-state index is 6.27. The van der Waals surface area contributed by atoms with Gasteiger partial charge in [0.2, 0.25) is 0 Å². The Hall–Kier alpha value is -1.65. The monoisotopic (exact) mass is 309 g/mol. The molecule has 114 valence electrons. The average Bonchev–Trinajstić information content (AvgIpc) is 2.93. The molecule has 0 aliphatic carbocycles. The Morgan fingerprint density at radius 2 is 1.90 bits per heavy atom. The van der Waals surface area contributed by atoms with Gasteiger partial charge in [-0.3, -0.25) is 0 Å². The van der Waals surface area contributed by atoms with Crippen molar-refractivity contribution in [3.8, 4) is 22.8 Å². The minimum Gasteiger partial charge on any atom is -0.495 e. The number of furan rings is 1. The van der Waals surface area contributed by atoms with E-state index in [-0.39, 0.29) is 0 Å². The molecule has 2 rings (SSSR count). The number of rotatable bonds is 6. The van der Waals surface area contributed by atoms with Gasteiger partial charge in [-0.05, 0) is 24.3 Å². The molecule has 1 N–H and O–H groups in total. The van der Waals surface area contributed by atoms with Gasteiger partial charge in [0.25, 0.3) is 0 Å². The zero-order valence-corrected chi connectivity index (χ0v) is 13.5. The number of halogens is 1. The van der Waals surface area contributed by atoms with E-state index in [4.69, 9.17) is 25.5 Å². The fourth-order valence-corrected chi connectivity index (χ4v) is 2.33. The standard InChI is InChI=1S/C16H20ClNO3/c1-10(2)18-9-11-5-7-13(21-11)12-6-8-14(19-3)15(17)16(12)20-4/h5-8,10,18H,9H2,1-4H3. The summed E-state index contributed by atoms with van der Waals surface area (Å²) in [6.45, 7) is 4.87. The first-order valence-corrected chi connectivity index (χ1v) is 7.17. The van der Waals surface area contributed by atoms with E-state index in [2.05, 4.69) is 19.2 Å². The van der Waals surface area contributed by atoms with Crippen molar-refractivity contribution in [3.63, 3.8) is 0 Å². The maximum atomic E-state index is 6.27. The molecule has 1 aromatic carbocycles. The number of hydrogen-bond acceptors (Lipinski definition) is 4. The van der Waals surface area contributed by atoms with Crippen LogP contribution in [-0.4, -0.2) is 20.3 Å². The zero-order chi connectivity index (χ0) is 15.4. The Morgan fingerprint density at radius 3 is 2.52 bits per heavy atom. The van der Waals surface area contributed by atoms with Crippen LogP contribution >= 0.6 is 11.6 Å². The third-order valence-corrected chi connectivity index (χ3v) is 3.46. The summed E-state index contributed by atoms with van der Waals surface area (Å²) >= 11 is 6.27. The Morgan fingerprint density at radius 1 is 1.14 bits per heavy atom. The number of nitrogens with one attached hydrogen (secondary N) is 1. The summed E-state index contributed by atoms with van der Waals surface area (Å²) in [6, 6.07) is 7.94. The maximum Gasteiger partial charge on any atom is 0.152 e. The predicted octanol–water partition coefficient (Wildman–Crippen LogP) is 4.12. The molecule has 0 bridgehead atoms. The van der Waals surface area contributed by atoms with Crippen LogP contribution in [0.15, 0.2) is 28.7 Å². The van der Waals surface area contributed by atoms with Crippen molar-refractivity contribution < 1.29 is 13.9 Å². The summed E-state index contributed by atoms with van der Waals surface area (Å²) < 4.78 is 16.4. The van der Waals surface area contributed by atoms with Crippen LogP contribution in [-0.2, 0) is 6.54 Å². The second-order valence-electron chi connectivity index (χ2n) is 4.96. The Bertz CT molecular complexity index is 608. The number of ether oxygens (including phenoxy) is 2. The highest BCUT2D eigenvalue weighted by molar-refractivity contribution is 6.34. The minimum atomic E-state index is 0.406. The van der Waals surface area contributed by atoms with E-state index >= 15 is 0 Å². The molecular weight excluding hydrogens is 290 g/mol. The van der Waals surface area contributed by atoms with E-state index in [1.165, 1.54) is 0 Å². The topological polar surface area (TPSA) is 43.6 Å². The van der Waals surface area contributed by atoms with Gasteiger partial charge in [-0.1, -0.05) is 25.4 Å². The lowest BCUT2D eigenvalue weighted by atomic mass is 10.1. The molecule has 0 amide bonds. The van der Waals surface area contributed by atoms with Crippen molar-refractivity contribution in [2.24, 2.45) is 0 Å². The van der Waals surface area contributed by atoms with Crippen LogP contribution in [0.25, 0.3) is 11.3 Å². The average molecular weight is 310 g/mol. The Balaban J connectivity index is 2.32. The van der Waals surface area contributed by atoms with Crippen LogP contribution in [0.1, 0.15) is 19.6 Å². The van der Waals surface area contributed by atoms with E-state index in [0.29, 0.717) is 29.1 Å². The number of hydrogen-bond donors (Lipinski definition) is 1. The first-order chi connectivity index (χ1) is 10.1. The van der Waals surface area contributed by atoms with Gasteiger partial charge in [-0.15, -0.1) is 0 Å². The van der Waals surface area contributed by atoms with Gasteiger partial charge in [0.05, 0.1) is 26.3 Å². The van der Waals surface area contributed by atoms with Crippen molar-refractivity contribution >= 4 is 11.6 Å². The lowest BCUT2D eigenvalue weighted by molar-refractivity contribution is 0.394. The van der Waals surface area contributed by atoms with E-state index in [9.17, 15) is 0 Å². The zero-order valence-electron chi connectivity index (χ0n) is 12.7. The minimum absolute atomic E-state index is 0.406. The lowest BCUT2D eigenvalue weighted by Crippen LogP contribution is -2.21. The Kier molecular flexibility index (Phi) is 5.15. The van der Waals surface area contributed by atoms with Crippen molar-refractivity contribution in [1.29, 1.82) is 0 Å². The van der Waals surface area contributed by atoms with Crippen LogP contribution in [0.5, 0.6) is 11.5 Å². The number of methoxy groups -OCH3 is 2. The molecule has 4 nitrogen and oxygen atoms in total. The molecule has 0 radical (unpaired) electrons. The second-order valence-corrected chi connectivity index (χ2v) is 5.34. The highest BCUT2D eigenvalue weighted by Crippen LogP contribution is 2.42. The van der Waals surface area contributed by atoms with E-state index in [1.54, 1.807) is 20.3 Å². The van der Waals surface area contributed by atoms with Gasteiger partial charge >= 0.3 is 0 Å². The lowest BCUT2D eigenvalue weighted by Gasteiger charge is -2.11. The highest BCUT2D eigenvalue weighted by atomic mass is 35.5.